The van der Waals surface area contributed by atoms with Crippen LogP contribution in [0.25, 0.3) is 0 Å². The molecule has 2 aliphatic rings. The Morgan fingerprint density at radius 3 is 2.39 bits per heavy atom. The number of carbonyl (C=O) groups excluding carboxylic acids is 1. The summed E-state index contributed by atoms with van der Waals surface area (Å²) in [5, 5.41) is 6.23. The molecule has 1 heterocycles. The van der Waals surface area contributed by atoms with Gasteiger partial charge in [-0.05, 0) is 68.1 Å². The van der Waals surface area contributed by atoms with Gasteiger partial charge in [0.1, 0.15) is 0 Å². The number of hydrogen-bond acceptors (Lipinski definition) is 4. The van der Waals surface area contributed by atoms with E-state index in [1.165, 1.54) is 12.1 Å². The van der Waals surface area contributed by atoms with Crippen LogP contribution in [0.1, 0.15) is 19.3 Å². The summed E-state index contributed by atoms with van der Waals surface area (Å²) in [6, 6.07) is 15.1. The van der Waals surface area contributed by atoms with Gasteiger partial charge in [-0.15, -0.1) is 12.4 Å². The Hall–Kier alpha value is -2.09. The van der Waals surface area contributed by atoms with E-state index in [9.17, 15) is 13.2 Å². The van der Waals surface area contributed by atoms with Gasteiger partial charge in [0.25, 0.3) is 10.0 Å². The summed E-state index contributed by atoms with van der Waals surface area (Å²) >= 11 is 0. The molecule has 150 valence electrons. The number of nitrogens with one attached hydrogen (secondary N) is 3. The maximum Gasteiger partial charge on any atom is 0.261 e. The van der Waals surface area contributed by atoms with Gasteiger partial charge in [0, 0.05) is 17.3 Å². The molecule has 1 aliphatic carbocycles. The minimum atomic E-state index is -3.71. The highest BCUT2D eigenvalue weighted by molar-refractivity contribution is 7.92. The van der Waals surface area contributed by atoms with E-state index in [1.54, 1.807) is 36.4 Å². The fourth-order valence-electron chi connectivity index (χ4n) is 3.89. The molecule has 2 fully saturated rings. The molecule has 0 bridgehead atoms. The lowest BCUT2D eigenvalue weighted by molar-refractivity contribution is -0.118. The molecule has 3 N–H and O–H groups in total. The summed E-state index contributed by atoms with van der Waals surface area (Å²) < 4.78 is 27.7. The molecule has 28 heavy (non-hydrogen) atoms. The van der Waals surface area contributed by atoms with E-state index in [0.29, 0.717) is 11.4 Å². The number of hydrogen-bond donors (Lipinski definition) is 3. The summed E-state index contributed by atoms with van der Waals surface area (Å²) in [6.07, 6.45) is 2.98. The monoisotopic (exact) mass is 421 g/mol. The standard InChI is InChI=1S/C20H23N3O3S.ClH/c24-19(18-14-20(18)9-11-21-12-10-20)22-16-7-4-8-17(13-16)27(25,26)23-15-5-2-1-3-6-15;/h1-8,13,18,21,23H,9-12,14H2,(H,22,24);1H. The SMILES string of the molecule is Cl.O=C(Nc1cccc(S(=O)(=O)Nc2ccccc2)c1)C1CC12CCNCC2. The third kappa shape index (κ3) is 4.32. The Bertz CT molecular complexity index is 944. The number of anilines is 2. The second-order valence-electron chi connectivity index (χ2n) is 7.36. The molecule has 1 unspecified atom stereocenters. The zero-order valence-corrected chi connectivity index (χ0v) is 17.0. The zero-order valence-electron chi connectivity index (χ0n) is 15.4. The van der Waals surface area contributed by atoms with Crippen LogP contribution in [0.5, 0.6) is 0 Å². The van der Waals surface area contributed by atoms with Gasteiger partial charge in [-0.3, -0.25) is 9.52 Å². The highest BCUT2D eigenvalue weighted by Crippen LogP contribution is 2.58. The first-order chi connectivity index (χ1) is 13.0. The number of para-hydroxylation sites is 1. The molecule has 1 atom stereocenters. The van der Waals surface area contributed by atoms with Crippen molar-refractivity contribution < 1.29 is 13.2 Å². The molecule has 8 heteroatoms. The Morgan fingerprint density at radius 1 is 1.00 bits per heavy atom. The van der Waals surface area contributed by atoms with Crippen molar-refractivity contribution in [2.45, 2.75) is 24.2 Å². The summed E-state index contributed by atoms with van der Waals surface area (Å²) in [7, 11) is -3.71. The smallest absolute Gasteiger partial charge is 0.261 e. The van der Waals surface area contributed by atoms with Crippen LogP contribution in [-0.4, -0.2) is 27.4 Å². The maximum absolute atomic E-state index is 12.6. The number of halogens is 1. The van der Waals surface area contributed by atoms with Gasteiger partial charge in [-0.1, -0.05) is 24.3 Å². The van der Waals surface area contributed by atoms with Gasteiger partial charge in [-0.2, -0.15) is 0 Å². The predicted molar refractivity (Wildman–Crippen MR) is 112 cm³/mol. The van der Waals surface area contributed by atoms with E-state index in [-0.39, 0.29) is 34.5 Å². The van der Waals surface area contributed by atoms with Gasteiger partial charge in [0.2, 0.25) is 5.91 Å². The Labute approximate surface area is 171 Å². The molecule has 0 aromatic heterocycles. The largest absolute Gasteiger partial charge is 0.326 e. The Kier molecular flexibility index (Phi) is 5.98. The third-order valence-electron chi connectivity index (χ3n) is 5.54. The molecule has 4 rings (SSSR count). The molecular weight excluding hydrogens is 398 g/mol. The second kappa shape index (κ2) is 8.11. The van der Waals surface area contributed by atoms with Crippen molar-refractivity contribution in [3.63, 3.8) is 0 Å². The topological polar surface area (TPSA) is 87.3 Å². The van der Waals surface area contributed by atoms with Crippen LogP contribution in [0.3, 0.4) is 0 Å². The molecular formula is C20H24ClN3O3S. The van der Waals surface area contributed by atoms with Crippen molar-refractivity contribution in [3.8, 4) is 0 Å². The molecule has 2 aromatic rings. The van der Waals surface area contributed by atoms with Crippen molar-refractivity contribution in [2.75, 3.05) is 23.1 Å². The number of piperidine rings is 1. The average Bonchev–Trinajstić information content (AvgIpc) is 3.36. The lowest BCUT2D eigenvalue weighted by atomic mass is 9.92. The molecule has 6 nitrogen and oxygen atoms in total. The zero-order chi connectivity index (χ0) is 18.9. The van der Waals surface area contributed by atoms with E-state index >= 15 is 0 Å². The van der Waals surface area contributed by atoms with Crippen molar-refractivity contribution in [1.29, 1.82) is 0 Å². The fourth-order valence-corrected chi connectivity index (χ4v) is 4.99. The van der Waals surface area contributed by atoms with Gasteiger partial charge in [-0.25, -0.2) is 8.42 Å². The van der Waals surface area contributed by atoms with Crippen LogP contribution in [0.4, 0.5) is 11.4 Å². The quantitative estimate of drug-likeness (QED) is 0.691. The van der Waals surface area contributed by atoms with E-state index in [2.05, 4.69) is 15.4 Å². The Balaban J connectivity index is 0.00000225. The maximum atomic E-state index is 12.6. The number of sulfonamides is 1. The van der Waals surface area contributed by atoms with Crippen LogP contribution in [0.2, 0.25) is 0 Å². The number of rotatable bonds is 5. The molecule has 0 radical (unpaired) electrons. The summed E-state index contributed by atoms with van der Waals surface area (Å²) in [5.74, 6) is 0.0183. The van der Waals surface area contributed by atoms with E-state index in [1.807, 2.05) is 6.07 Å². The van der Waals surface area contributed by atoms with Crippen LogP contribution in [0.15, 0.2) is 59.5 Å². The highest BCUT2D eigenvalue weighted by atomic mass is 35.5. The first-order valence-corrected chi connectivity index (χ1v) is 10.7. The lowest BCUT2D eigenvalue weighted by Gasteiger charge is -2.23. The second-order valence-corrected chi connectivity index (χ2v) is 9.04. The normalized spacial score (nSPS) is 20.1. The average molecular weight is 422 g/mol. The van der Waals surface area contributed by atoms with Crippen molar-refractivity contribution in [3.05, 3.63) is 54.6 Å². The molecule has 1 spiro atoms. The van der Waals surface area contributed by atoms with Gasteiger partial charge >= 0.3 is 0 Å². The number of carbonyl (C=O) groups is 1. The van der Waals surface area contributed by atoms with Crippen LogP contribution in [0, 0.1) is 11.3 Å². The van der Waals surface area contributed by atoms with Crippen molar-refractivity contribution in [2.24, 2.45) is 11.3 Å². The highest BCUT2D eigenvalue weighted by Gasteiger charge is 2.57. The van der Waals surface area contributed by atoms with Crippen molar-refractivity contribution in [1.82, 2.24) is 5.32 Å². The van der Waals surface area contributed by atoms with Gasteiger partial charge in [0.15, 0.2) is 0 Å². The van der Waals surface area contributed by atoms with Gasteiger partial charge in [0.05, 0.1) is 4.90 Å². The molecule has 1 saturated heterocycles. The third-order valence-corrected chi connectivity index (χ3v) is 6.92. The molecule has 1 saturated carbocycles. The van der Waals surface area contributed by atoms with E-state index < -0.39 is 10.0 Å². The fraction of sp³-hybridized carbons (Fsp3) is 0.350. The number of benzene rings is 2. The molecule has 1 amide bonds. The molecule has 2 aromatic carbocycles. The summed E-state index contributed by atoms with van der Waals surface area (Å²) in [5.41, 5.74) is 1.15. The predicted octanol–water partition coefficient (Wildman–Crippen LogP) is 3.24. The van der Waals surface area contributed by atoms with Crippen LogP contribution >= 0.6 is 12.4 Å². The van der Waals surface area contributed by atoms with Crippen LogP contribution < -0.4 is 15.4 Å². The lowest BCUT2D eigenvalue weighted by Crippen LogP contribution is -2.31. The van der Waals surface area contributed by atoms with Crippen molar-refractivity contribution >= 4 is 39.7 Å². The Morgan fingerprint density at radius 2 is 1.68 bits per heavy atom. The number of amides is 1. The van der Waals surface area contributed by atoms with Gasteiger partial charge < -0.3 is 10.6 Å². The minimum absolute atomic E-state index is 0. The summed E-state index contributed by atoms with van der Waals surface area (Å²) in [6.45, 7) is 1.92. The van der Waals surface area contributed by atoms with E-state index in [4.69, 9.17) is 0 Å². The van der Waals surface area contributed by atoms with E-state index in [0.717, 1.165) is 32.4 Å². The van der Waals surface area contributed by atoms with Crippen LogP contribution in [-0.2, 0) is 14.8 Å². The first kappa shape index (κ1) is 20.6. The minimum Gasteiger partial charge on any atom is -0.326 e. The summed E-state index contributed by atoms with van der Waals surface area (Å²) in [4.78, 5) is 12.7. The first-order valence-electron chi connectivity index (χ1n) is 9.18. The molecule has 1 aliphatic heterocycles.